The van der Waals surface area contributed by atoms with Gasteiger partial charge in [0.1, 0.15) is 0 Å². The minimum Gasteiger partial charge on any atom is -0.372 e. The Morgan fingerprint density at radius 1 is 1.32 bits per heavy atom. The van der Waals surface area contributed by atoms with Gasteiger partial charge < -0.3 is 4.74 Å². The highest BCUT2D eigenvalue weighted by molar-refractivity contribution is 7.90. The lowest BCUT2D eigenvalue weighted by Crippen LogP contribution is -2.64. The van der Waals surface area contributed by atoms with Gasteiger partial charge in [-0.05, 0) is 50.7 Å². The second-order valence-corrected chi connectivity index (χ2v) is 9.79. The summed E-state index contributed by atoms with van der Waals surface area (Å²) in [7, 11) is -3.07. The molecule has 3 fully saturated rings. The van der Waals surface area contributed by atoms with Gasteiger partial charge >= 0.3 is 0 Å². The fourth-order valence-corrected chi connectivity index (χ4v) is 5.55. The van der Waals surface area contributed by atoms with Crippen LogP contribution in [0.1, 0.15) is 37.1 Å². The first-order valence-corrected chi connectivity index (χ1v) is 10.8. The summed E-state index contributed by atoms with van der Waals surface area (Å²) in [5, 5.41) is -0.137. The second-order valence-electron chi connectivity index (χ2n) is 7.74. The van der Waals surface area contributed by atoms with Crippen LogP contribution in [0.15, 0.2) is 18.2 Å². The Kier molecular flexibility index (Phi) is 4.60. The Morgan fingerprint density at radius 3 is 2.84 bits per heavy atom. The summed E-state index contributed by atoms with van der Waals surface area (Å²) >= 11 is 0. The molecule has 2 aliphatic heterocycles. The number of ether oxygens (including phenoxy) is 1. The molecule has 1 saturated carbocycles. The van der Waals surface area contributed by atoms with Crippen LogP contribution in [0.2, 0.25) is 0 Å². The number of hydrogen-bond donors (Lipinski definition) is 1. The number of aromatic nitrogens is 1. The van der Waals surface area contributed by atoms with Gasteiger partial charge in [-0.25, -0.2) is 13.1 Å². The fraction of sp³-hybridized carbons (Fsp3) is 0.722. The zero-order valence-electron chi connectivity index (χ0n) is 14.8. The van der Waals surface area contributed by atoms with Gasteiger partial charge in [0.15, 0.2) is 0 Å². The standard InChI is InChI=1S/C18H27N3O3S/c1-14-3-2-4-16(20-14)11-21-12-18(13-21)15(8-10-24-18)7-9-19-25(22,23)17-5-6-17/h2-4,15,17,19H,5-13H2,1H3/t15-/m0/s1. The van der Waals surface area contributed by atoms with Crippen molar-refractivity contribution in [1.82, 2.24) is 14.6 Å². The van der Waals surface area contributed by atoms with Crippen LogP contribution in [-0.4, -0.2) is 55.4 Å². The van der Waals surface area contributed by atoms with E-state index in [4.69, 9.17) is 4.74 Å². The van der Waals surface area contributed by atoms with Crippen molar-refractivity contribution in [3.63, 3.8) is 0 Å². The molecule has 0 unspecified atom stereocenters. The molecule has 1 N–H and O–H groups in total. The molecule has 0 radical (unpaired) electrons. The van der Waals surface area contributed by atoms with E-state index in [0.29, 0.717) is 12.5 Å². The maximum atomic E-state index is 11.9. The summed E-state index contributed by atoms with van der Waals surface area (Å²) in [6.45, 7) is 6.03. The third-order valence-electron chi connectivity index (χ3n) is 5.67. The van der Waals surface area contributed by atoms with E-state index >= 15 is 0 Å². The molecule has 3 aliphatic rings. The number of sulfonamides is 1. The molecule has 0 amide bonds. The lowest BCUT2D eigenvalue weighted by atomic mass is 9.79. The molecule has 0 aromatic carbocycles. The molecule has 1 spiro atoms. The zero-order valence-corrected chi connectivity index (χ0v) is 15.6. The Morgan fingerprint density at radius 2 is 2.12 bits per heavy atom. The lowest BCUT2D eigenvalue weighted by molar-refractivity contribution is -0.137. The maximum absolute atomic E-state index is 11.9. The Bertz CT molecular complexity index is 727. The molecular formula is C18H27N3O3S. The van der Waals surface area contributed by atoms with Gasteiger partial charge in [0, 0.05) is 38.5 Å². The van der Waals surface area contributed by atoms with Crippen molar-refractivity contribution in [2.45, 2.75) is 50.0 Å². The molecule has 25 heavy (non-hydrogen) atoms. The van der Waals surface area contributed by atoms with Crippen LogP contribution in [-0.2, 0) is 21.3 Å². The molecular weight excluding hydrogens is 338 g/mol. The lowest BCUT2D eigenvalue weighted by Gasteiger charge is -2.50. The predicted octanol–water partition coefficient (Wildman–Crippen LogP) is 1.45. The van der Waals surface area contributed by atoms with Crippen molar-refractivity contribution in [3.05, 3.63) is 29.6 Å². The van der Waals surface area contributed by atoms with Crippen molar-refractivity contribution in [2.75, 3.05) is 26.2 Å². The van der Waals surface area contributed by atoms with Crippen molar-refractivity contribution in [1.29, 1.82) is 0 Å². The Labute approximate surface area is 150 Å². The molecule has 6 nitrogen and oxygen atoms in total. The first-order chi connectivity index (χ1) is 12.0. The number of nitrogens with one attached hydrogen (secondary N) is 1. The van der Waals surface area contributed by atoms with E-state index in [1.807, 2.05) is 19.1 Å². The van der Waals surface area contributed by atoms with E-state index in [0.717, 1.165) is 63.3 Å². The molecule has 3 heterocycles. The number of hydrogen-bond acceptors (Lipinski definition) is 5. The zero-order chi connectivity index (χ0) is 17.5. The average Bonchev–Trinajstić information content (AvgIpc) is 3.30. The summed E-state index contributed by atoms with van der Waals surface area (Å²) in [5.41, 5.74) is 2.07. The monoisotopic (exact) mass is 365 g/mol. The van der Waals surface area contributed by atoms with Gasteiger partial charge in [-0.2, -0.15) is 0 Å². The number of nitrogens with zero attached hydrogens (tertiary/aromatic N) is 2. The van der Waals surface area contributed by atoms with E-state index < -0.39 is 10.0 Å². The molecule has 1 aliphatic carbocycles. The van der Waals surface area contributed by atoms with Gasteiger partial charge in [-0.15, -0.1) is 0 Å². The van der Waals surface area contributed by atoms with Crippen LogP contribution >= 0.6 is 0 Å². The number of aryl methyl sites for hydroxylation is 1. The molecule has 0 bridgehead atoms. The number of pyridine rings is 1. The summed E-state index contributed by atoms with van der Waals surface area (Å²) < 4.78 is 32.7. The first-order valence-electron chi connectivity index (χ1n) is 9.24. The number of rotatable bonds is 7. The first kappa shape index (κ1) is 17.4. The van der Waals surface area contributed by atoms with Crippen molar-refractivity contribution >= 4 is 10.0 Å². The normalized spacial score (nSPS) is 26.0. The van der Waals surface area contributed by atoms with E-state index in [1.54, 1.807) is 0 Å². The van der Waals surface area contributed by atoms with Crippen molar-refractivity contribution in [3.8, 4) is 0 Å². The summed E-state index contributed by atoms with van der Waals surface area (Å²) in [6, 6.07) is 6.13. The second kappa shape index (κ2) is 6.61. The minimum atomic E-state index is -3.07. The Balaban J connectivity index is 1.27. The van der Waals surface area contributed by atoms with Gasteiger partial charge in [0.2, 0.25) is 10.0 Å². The van der Waals surface area contributed by atoms with E-state index in [-0.39, 0.29) is 10.9 Å². The molecule has 7 heteroatoms. The highest BCUT2D eigenvalue weighted by Crippen LogP contribution is 2.42. The van der Waals surface area contributed by atoms with Gasteiger partial charge in [0.05, 0.1) is 16.5 Å². The van der Waals surface area contributed by atoms with Crippen LogP contribution in [0.3, 0.4) is 0 Å². The Hall–Kier alpha value is -1.02. The highest BCUT2D eigenvalue weighted by atomic mass is 32.2. The maximum Gasteiger partial charge on any atom is 0.214 e. The molecule has 4 rings (SSSR count). The van der Waals surface area contributed by atoms with Crippen LogP contribution < -0.4 is 4.72 Å². The third kappa shape index (κ3) is 3.74. The van der Waals surface area contributed by atoms with Crippen molar-refractivity contribution in [2.24, 2.45) is 5.92 Å². The summed E-state index contributed by atoms with van der Waals surface area (Å²) in [5.74, 6) is 0.441. The molecule has 1 aromatic heterocycles. The van der Waals surface area contributed by atoms with E-state index in [1.165, 1.54) is 0 Å². The minimum absolute atomic E-state index is 0.0746. The predicted molar refractivity (Wildman–Crippen MR) is 95.6 cm³/mol. The molecule has 138 valence electrons. The molecule has 1 aromatic rings. The summed E-state index contributed by atoms with van der Waals surface area (Å²) in [6.07, 6.45) is 3.52. The van der Waals surface area contributed by atoms with Crippen molar-refractivity contribution < 1.29 is 13.2 Å². The topological polar surface area (TPSA) is 71.5 Å². The van der Waals surface area contributed by atoms with Crippen LogP contribution in [0, 0.1) is 12.8 Å². The van der Waals surface area contributed by atoms with Gasteiger partial charge in [0.25, 0.3) is 0 Å². The van der Waals surface area contributed by atoms with Gasteiger partial charge in [-0.1, -0.05) is 6.07 Å². The largest absolute Gasteiger partial charge is 0.372 e. The quantitative estimate of drug-likeness (QED) is 0.792. The molecule has 2 saturated heterocycles. The van der Waals surface area contributed by atoms with Crippen LogP contribution in [0.25, 0.3) is 0 Å². The fourth-order valence-electron chi connectivity index (χ4n) is 4.15. The smallest absolute Gasteiger partial charge is 0.214 e. The third-order valence-corrected chi connectivity index (χ3v) is 7.63. The van der Waals surface area contributed by atoms with E-state index in [2.05, 4.69) is 20.7 Å². The van der Waals surface area contributed by atoms with E-state index in [9.17, 15) is 8.42 Å². The van der Waals surface area contributed by atoms with Crippen LogP contribution in [0.4, 0.5) is 0 Å². The highest BCUT2D eigenvalue weighted by Gasteiger charge is 2.52. The van der Waals surface area contributed by atoms with Gasteiger partial charge in [-0.3, -0.25) is 9.88 Å². The molecule has 1 atom stereocenters. The SMILES string of the molecule is Cc1cccc(CN2CC3(C2)OCC[C@@H]3CCNS(=O)(=O)C2CC2)n1. The number of likely N-dealkylation sites (tertiary alicyclic amines) is 1. The average molecular weight is 365 g/mol. The summed E-state index contributed by atoms with van der Waals surface area (Å²) in [4.78, 5) is 6.94. The van der Waals surface area contributed by atoms with Crippen LogP contribution in [0.5, 0.6) is 0 Å².